The smallest absolute Gasteiger partial charge is 0.326 e. The summed E-state index contributed by atoms with van der Waals surface area (Å²) >= 11 is 1.52. The van der Waals surface area contributed by atoms with E-state index in [1.807, 2.05) is 6.26 Å². The van der Waals surface area contributed by atoms with Crippen LogP contribution in [0.3, 0.4) is 0 Å². The maximum Gasteiger partial charge on any atom is 0.326 e. The van der Waals surface area contributed by atoms with Crippen molar-refractivity contribution in [1.29, 1.82) is 0 Å². The van der Waals surface area contributed by atoms with Gasteiger partial charge in [-0.2, -0.15) is 11.8 Å². The van der Waals surface area contributed by atoms with Gasteiger partial charge in [0.15, 0.2) is 0 Å². The lowest BCUT2D eigenvalue weighted by Crippen LogP contribution is -2.56. The minimum absolute atomic E-state index is 0.250. The Bertz CT molecular complexity index is 1140. The molecular weight excluding hydrogens is 475 g/mol. The van der Waals surface area contributed by atoms with Gasteiger partial charge in [0.1, 0.15) is 22.9 Å². The number of benzene rings is 2. The fourth-order valence-corrected chi connectivity index (χ4v) is 5.68. The normalized spacial score (nSPS) is 25.5. The average Bonchev–Trinajstić information content (AvgIpc) is 3.36. The first-order valence-corrected chi connectivity index (χ1v) is 12.4. The molecule has 186 valence electrons. The van der Waals surface area contributed by atoms with E-state index in [0.29, 0.717) is 22.8 Å². The van der Waals surface area contributed by atoms with Crippen molar-refractivity contribution in [2.45, 2.75) is 18.0 Å². The zero-order valence-corrected chi connectivity index (χ0v) is 20.7. The molecule has 1 N–H and O–H groups in total. The van der Waals surface area contributed by atoms with Crippen LogP contribution in [0.4, 0.5) is 10.1 Å². The average molecular weight is 503 g/mol. The van der Waals surface area contributed by atoms with Crippen LogP contribution in [-0.2, 0) is 19.1 Å². The van der Waals surface area contributed by atoms with Crippen molar-refractivity contribution in [3.63, 3.8) is 0 Å². The Morgan fingerprint density at radius 1 is 1.09 bits per heavy atom. The lowest BCUT2D eigenvalue weighted by atomic mass is 9.77. The molecule has 4 rings (SSSR count). The minimum Gasteiger partial charge on any atom is -0.497 e. The van der Waals surface area contributed by atoms with Crippen LogP contribution in [0.5, 0.6) is 11.5 Å². The van der Waals surface area contributed by atoms with E-state index in [1.54, 1.807) is 18.2 Å². The van der Waals surface area contributed by atoms with Crippen molar-refractivity contribution in [1.82, 2.24) is 5.32 Å². The van der Waals surface area contributed by atoms with Crippen molar-refractivity contribution in [3.05, 3.63) is 53.8 Å². The summed E-state index contributed by atoms with van der Waals surface area (Å²) in [5.74, 6) is -2.46. The summed E-state index contributed by atoms with van der Waals surface area (Å²) in [5.41, 5.74) is -0.570. The van der Waals surface area contributed by atoms with Crippen LogP contribution in [0.2, 0.25) is 0 Å². The zero-order valence-electron chi connectivity index (χ0n) is 19.9. The van der Waals surface area contributed by atoms with Gasteiger partial charge in [0.2, 0.25) is 11.8 Å². The Balaban J connectivity index is 1.88. The van der Waals surface area contributed by atoms with Gasteiger partial charge in [0.25, 0.3) is 0 Å². The molecule has 10 heteroatoms. The Morgan fingerprint density at radius 3 is 2.40 bits per heavy atom. The number of methoxy groups -OCH3 is 3. The van der Waals surface area contributed by atoms with Gasteiger partial charge in [0.05, 0.1) is 38.9 Å². The van der Waals surface area contributed by atoms with Crippen LogP contribution in [0.25, 0.3) is 0 Å². The molecule has 2 heterocycles. The maximum absolute atomic E-state index is 13.8. The number of hydrogen-bond donors (Lipinski definition) is 1. The number of anilines is 1. The minimum atomic E-state index is -1.43. The lowest BCUT2D eigenvalue weighted by molar-refractivity contribution is -0.152. The molecule has 0 aliphatic carbocycles. The van der Waals surface area contributed by atoms with Crippen molar-refractivity contribution in [3.8, 4) is 11.5 Å². The molecule has 4 atom stereocenters. The van der Waals surface area contributed by atoms with Gasteiger partial charge >= 0.3 is 5.97 Å². The number of esters is 1. The largest absolute Gasteiger partial charge is 0.497 e. The maximum atomic E-state index is 13.8. The highest BCUT2D eigenvalue weighted by Gasteiger charge is 2.69. The number of hydrogen-bond acceptors (Lipinski definition) is 8. The Labute approximate surface area is 207 Å². The Morgan fingerprint density at radius 2 is 1.80 bits per heavy atom. The Kier molecular flexibility index (Phi) is 7.05. The van der Waals surface area contributed by atoms with Crippen LogP contribution in [0.1, 0.15) is 18.0 Å². The number of amides is 2. The first-order valence-electron chi connectivity index (χ1n) is 11.0. The van der Waals surface area contributed by atoms with Crippen molar-refractivity contribution < 1.29 is 33.0 Å². The highest BCUT2D eigenvalue weighted by Crippen LogP contribution is 2.53. The molecule has 8 nitrogen and oxygen atoms in total. The monoisotopic (exact) mass is 502 g/mol. The lowest BCUT2D eigenvalue weighted by Gasteiger charge is -2.32. The molecule has 0 aromatic heterocycles. The summed E-state index contributed by atoms with van der Waals surface area (Å²) in [5, 5.41) is 3.33. The number of thioether (sulfide) groups is 1. The first-order chi connectivity index (χ1) is 16.8. The number of halogens is 1. The van der Waals surface area contributed by atoms with E-state index < -0.39 is 47.0 Å². The number of carbonyl (C=O) groups excluding carboxylic acids is 3. The van der Waals surface area contributed by atoms with Crippen LogP contribution in [0, 0.1) is 17.7 Å². The standard InChI is InChI=1S/C25H27FN2O6S/c1-32-16-9-10-17(18(13-16)33-2)21-19-20(25(27-21,11-12-35-4)24(31)34-3)23(30)28(22(19)29)15-7-5-14(26)6-8-15/h5-10,13,19-21,27H,11-12H2,1-4H3/t19-,20-,21-,25-/m0/s1. The highest BCUT2D eigenvalue weighted by molar-refractivity contribution is 7.98. The van der Waals surface area contributed by atoms with Crippen LogP contribution in [-0.4, -0.2) is 56.7 Å². The van der Waals surface area contributed by atoms with Gasteiger partial charge in [0, 0.05) is 17.7 Å². The second kappa shape index (κ2) is 9.87. The molecular formula is C25H27FN2O6S. The van der Waals surface area contributed by atoms with Gasteiger partial charge in [-0.15, -0.1) is 0 Å². The summed E-state index contributed by atoms with van der Waals surface area (Å²) in [6.07, 6.45) is 2.17. The van der Waals surface area contributed by atoms with Crippen LogP contribution >= 0.6 is 11.8 Å². The second-order valence-electron chi connectivity index (χ2n) is 8.43. The molecule has 2 aromatic carbocycles. The van der Waals surface area contributed by atoms with E-state index in [2.05, 4.69) is 5.32 Å². The van der Waals surface area contributed by atoms with E-state index in [9.17, 15) is 18.8 Å². The molecule has 0 unspecified atom stereocenters. The number of imide groups is 1. The molecule has 2 aliphatic rings. The van der Waals surface area contributed by atoms with E-state index in [1.165, 1.54) is 57.4 Å². The fourth-order valence-electron chi connectivity index (χ4n) is 5.15. The molecule has 2 saturated heterocycles. The van der Waals surface area contributed by atoms with E-state index in [4.69, 9.17) is 14.2 Å². The third-order valence-corrected chi connectivity index (χ3v) is 7.38. The van der Waals surface area contributed by atoms with Gasteiger partial charge < -0.3 is 14.2 Å². The van der Waals surface area contributed by atoms with Crippen LogP contribution in [0.15, 0.2) is 42.5 Å². The Hall–Kier alpha value is -3.11. The molecule has 2 fully saturated rings. The molecule has 2 aliphatic heterocycles. The van der Waals surface area contributed by atoms with Crippen molar-refractivity contribution >= 4 is 35.2 Å². The van der Waals surface area contributed by atoms with Gasteiger partial charge in [-0.05, 0) is 48.8 Å². The summed E-state index contributed by atoms with van der Waals surface area (Å²) in [6.45, 7) is 0. The van der Waals surface area contributed by atoms with Crippen LogP contribution < -0.4 is 19.7 Å². The third kappa shape index (κ3) is 4.04. The number of carbonyl (C=O) groups is 3. The molecule has 2 aromatic rings. The molecule has 35 heavy (non-hydrogen) atoms. The van der Waals surface area contributed by atoms with E-state index in [-0.39, 0.29) is 12.1 Å². The second-order valence-corrected chi connectivity index (χ2v) is 9.41. The highest BCUT2D eigenvalue weighted by atomic mass is 32.2. The summed E-state index contributed by atoms with van der Waals surface area (Å²) < 4.78 is 29.6. The van der Waals surface area contributed by atoms with Crippen molar-refractivity contribution in [2.24, 2.45) is 11.8 Å². The molecule has 2 amide bonds. The SMILES string of the molecule is COC(=O)[C@@]1(CCSC)N[C@@H](c2ccc(OC)cc2OC)[C@H]2C(=O)N(c3ccc(F)cc3)C(=O)[C@H]21. The number of ether oxygens (including phenoxy) is 3. The number of nitrogens with one attached hydrogen (secondary N) is 1. The van der Waals surface area contributed by atoms with E-state index >= 15 is 0 Å². The van der Waals surface area contributed by atoms with Gasteiger partial charge in [-0.3, -0.25) is 19.7 Å². The van der Waals surface area contributed by atoms with Gasteiger partial charge in [-0.25, -0.2) is 9.29 Å². The summed E-state index contributed by atoms with van der Waals surface area (Å²) in [4.78, 5) is 42.0. The van der Waals surface area contributed by atoms with Crippen molar-refractivity contribution in [2.75, 3.05) is 38.2 Å². The predicted octanol–water partition coefficient (Wildman–Crippen LogP) is 2.96. The summed E-state index contributed by atoms with van der Waals surface area (Å²) in [6, 6.07) is 9.59. The summed E-state index contributed by atoms with van der Waals surface area (Å²) in [7, 11) is 4.29. The topological polar surface area (TPSA) is 94.2 Å². The quantitative estimate of drug-likeness (QED) is 0.435. The molecule has 0 spiro atoms. The predicted molar refractivity (Wildman–Crippen MR) is 129 cm³/mol. The molecule has 0 saturated carbocycles. The molecule has 0 radical (unpaired) electrons. The zero-order chi connectivity index (χ0) is 25.3. The first kappa shape index (κ1) is 25.0. The van der Waals surface area contributed by atoms with E-state index in [0.717, 1.165) is 4.90 Å². The third-order valence-electron chi connectivity index (χ3n) is 6.76. The number of rotatable bonds is 8. The fraction of sp³-hybridized carbons (Fsp3) is 0.400. The number of nitrogens with zero attached hydrogens (tertiary/aromatic N) is 1. The van der Waals surface area contributed by atoms with Gasteiger partial charge in [-0.1, -0.05) is 6.07 Å². The molecule has 0 bridgehead atoms. The number of fused-ring (bicyclic) bond motifs is 1.